The van der Waals surface area contributed by atoms with E-state index in [-0.39, 0.29) is 4.90 Å². The molecule has 1 aromatic carbocycles. The van der Waals surface area contributed by atoms with E-state index >= 15 is 0 Å². The molecule has 1 heterocycles. The summed E-state index contributed by atoms with van der Waals surface area (Å²) in [5.41, 5.74) is 0.956. The van der Waals surface area contributed by atoms with Crippen LogP contribution in [0.3, 0.4) is 0 Å². The highest BCUT2D eigenvalue weighted by Crippen LogP contribution is 2.24. The molecule has 0 aliphatic carbocycles. The lowest BCUT2D eigenvalue weighted by Gasteiger charge is -2.12. The highest BCUT2D eigenvalue weighted by molar-refractivity contribution is 7.86. The Morgan fingerprint density at radius 3 is 2.04 bits per heavy atom. The van der Waals surface area contributed by atoms with Crippen molar-refractivity contribution in [3.05, 3.63) is 48.0 Å². The van der Waals surface area contributed by atoms with Gasteiger partial charge in [-0.05, 0) is 25.5 Å². The third-order valence-electron chi connectivity index (χ3n) is 3.38. The molecule has 0 amide bonds. The summed E-state index contributed by atoms with van der Waals surface area (Å²) in [6, 6.07) is 5.99. The van der Waals surface area contributed by atoms with E-state index in [1.807, 2.05) is 13.8 Å². The lowest BCUT2D eigenvalue weighted by molar-refractivity contribution is 0.457. The molecule has 1 atom stereocenters. The van der Waals surface area contributed by atoms with E-state index < -0.39 is 25.5 Å². The Hall–Kier alpha value is -1.75. The SMILES string of the molecule is CCCC(c1nccn1C)S(=O)(=O)O.Cc1ccc(S(=O)(=O)O)cc1. The number of aryl methyl sites for hydroxylation is 2. The molecule has 2 rings (SSSR count). The van der Waals surface area contributed by atoms with Crippen LogP contribution in [-0.2, 0) is 27.3 Å². The Kier molecular flexibility index (Phi) is 7.29. The van der Waals surface area contributed by atoms with Crippen LogP contribution >= 0.6 is 0 Å². The quantitative estimate of drug-likeness (QED) is 0.750. The molecule has 0 saturated carbocycles. The zero-order valence-electron chi connectivity index (χ0n) is 14.2. The predicted octanol–water partition coefficient (Wildman–Crippen LogP) is 2.39. The summed E-state index contributed by atoms with van der Waals surface area (Å²) in [6.45, 7) is 3.70. The van der Waals surface area contributed by atoms with Gasteiger partial charge in [0.1, 0.15) is 11.1 Å². The van der Waals surface area contributed by atoms with Gasteiger partial charge in [-0.2, -0.15) is 16.8 Å². The number of hydrogen-bond donors (Lipinski definition) is 2. The van der Waals surface area contributed by atoms with Gasteiger partial charge in [-0.3, -0.25) is 9.11 Å². The molecule has 2 N–H and O–H groups in total. The van der Waals surface area contributed by atoms with Crippen molar-refractivity contribution in [3.8, 4) is 0 Å². The van der Waals surface area contributed by atoms with Gasteiger partial charge in [0, 0.05) is 19.4 Å². The second-order valence-electron chi connectivity index (χ2n) is 5.48. The summed E-state index contributed by atoms with van der Waals surface area (Å²) in [7, 11) is -6.37. The molecule has 0 bridgehead atoms. The van der Waals surface area contributed by atoms with Gasteiger partial charge in [-0.25, -0.2) is 4.98 Å². The first-order chi connectivity index (χ1) is 11.5. The summed E-state index contributed by atoms with van der Waals surface area (Å²) in [6.07, 6.45) is 4.23. The smallest absolute Gasteiger partial charge is 0.294 e. The Morgan fingerprint density at radius 2 is 1.68 bits per heavy atom. The van der Waals surface area contributed by atoms with Gasteiger partial charge in [0.05, 0.1) is 4.90 Å². The second-order valence-corrected chi connectivity index (χ2v) is 8.50. The number of benzene rings is 1. The molecular formula is C15H22N2O6S2. The summed E-state index contributed by atoms with van der Waals surface area (Å²) in [4.78, 5) is 3.86. The number of hydrogen-bond acceptors (Lipinski definition) is 5. The van der Waals surface area contributed by atoms with Crippen LogP contribution in [-0.4, -0.2) is 35.5 Å². The normalized spacial score (nSPS) is 13.0. The molecule has 1 unspecified atom stereocenters. The topological polar surface area (TPSA) is 127 Å². The summed E-state index contributed by atoms with van der Waals surface area (Å²) in [5, 5.41) is -0.910. The molecule has 0 fully saturated rings. The molecular weight excluding hydrogens is 368 g/mol. The van der Waals surface area contributed by atoms with E-state index in [4.69, 9.17) is 9.11 Å². The lowest BCUT2D eigenvalue weighted by Crippen LogP contribution is -2.16. The largest absolute Gasteiger partial charge is 0.337 e. The van der Waals surface area contributed by atoms with E-state index in [9.17, 15) is 16.8 Å². The highest BCUT2D eigenvalue weighted by atomic mass is 32.2. The Balaban J connectivity index is 0.000000257. The van der Waals surface area contributed by atoms with Crippen molar-refractivity contribution < 1.29 is 25.9 Å². The van der Waals surface area contributed by atoms with Crippen LogP contribution in [0.25, 0.3) is 0 Å². The molecule has 0 aliphatic rings. The lowest BCUT2D eigenvalue weighted by atomic mass is 10.2. The Bertz CT molecular complexity index is 886. The molecule has 25 heavy (non-hydrogen) atoms. The van der Waals surface area contributed by atoms with Gasteiger partial charge in [0.15, 0.2) is 0 Å². The van der Waals surface area contributed by atoms with Crippen LogP contribution in [0.4, 0.5) is 0 Å². The zero-order chi connectivity index (χ0) is 19.3. The molecule has 2 aromatic rings. The first-order valence-electron chi connectivity index (χ1n) is 7.44. The highest BCUT2D eigenvalue weighted by Gasteiger charge is 2.27. The molecule has 10 heteroatoms. The summed E-state index contributed by atoms with van der Waals surface area (Å²) in [5.74, 6) is 0.384. The fourth-order valence-electron chi connectivity index (χ4n) is 2.07. The van der Waals surface area contributed by atoms with Crippen LogP contribution in [0.2, 0.25) is 0 Å². The average Bonchev–Trinajstić information content (AvgIpc) is 2.89. The summed E-state index contributed by atoms with van der Waals surface area (Å²) >= 11 is 0. The number of nitrogens with zero attached hydrogens (tertiary/aromatic N) is 2. The van der Waals surface area contributed by atoms with Crippen LogP contribution in [0.5, 0.6) is 0 Å². The number of rotatable bonds is 5. The van der Waals surface area contributed by atoms with Crippen LogP contribution in [0.1, 0.15) is 36.4 Å². The Labute approximate surface area is 148 Å². The maximum absolute atomic E-state index is 11.1. The van der Waals surface area contributed by atoms with Crippen molar-refractivity contribution >= 4 is 20.2 Å². The molecule has 8 nitrogen and oxygen atoms in total. The van der Waals surface area contributed by atoms with Crippen molar-refractivity contribution in [1.29, 1.82) is 0 Å². The first-order valence-corrected chi connectivity index (χ1v) is 10.4. The minimum atomic E-state index is -4.06. The average molecular weight is 390 g/mol. The molecule has 0 aliphatic heterocycles. The van der Waals surface area contributed by atoms with Crippen molar-refractivity contribution in [1.82, 2.24) is 9.55 Å². The van der Waals surface area contributed by atoms with Gasteiger partial charge in [-0.1, -0.05) is 31.0 Å². The van der Waals surface area contributed by atoms with Gasteiger partial charge >= 0.3 is 0 Å². The maximum Gasteiger partial charge on any atom is 0.294 e. The molecule has 0 spiro atoms. The standard InChI is InChI=1S/C8H14N2O3S.C7H8O3S/c1-3-4-7(14(11,12)13)8-9-5-6-10(8)2;1-6-2-4-7(5-3-6)11(8,9)10/h5-7H,3-4H2,1-2H3,(H,11,12,13);2-5H,1H3,(H,8,9,10). The van der Waals surface area contributed by atoms with Crippen molar-refractivity contribution in [3.63, 3.8) is 0 Å². The van der Waals surface area contributed by atoms with E-state index in [2.05, 4.69) is 4.98 Å². The predicted molar refractivity (Wildman–Crippen MR) is 93.4 cm³/mol. The second kappa shape index (κ2) is 8.56. The van der Waals surface area contributed by atoms with Crippen LogP contribution < -0.4 is 0 Å². The minimum Gasteiger partial charge on any atom is -0.337 e. The molecule has 0 saturated heterocycles. The monoisotopic (exact) mass is 390 g/mol. The van der Waals surface area contributed by atoms with E-state index in [0.29, 0.717) is 18.7 Å². The Morgan fingerprint density at radius 1 is 1.12 bits per heavy atom. The van der Waals surface area contributed by atoms with E-state index in [1.54, 1.807) is 29.9 Å². The molecule has 140 valence electrons. The first kappa shape index (κ1) is 21.3. The van der Waals surface area contributed by atoms with Crippen molar-refractivity contribution in [2.24, 2.45) is 7.05 Å². The van der Waals surface area contributed by atoms with Crippen LogP contribution in [0, 0.1) is 6.92 Å². The van der Waals surface area contributed by atoms with Gasteiger partial charge < -0.3 is 4.57 Å². The van der Waals surface area contributed by atoms with Crippen molar-refractivity contribution in [2.45, 2.75) is 36.8 Å². The molecule has 0 radical (unpaired) electrons. The summed E-state index contributed by atoms with van der Waals surface area (Å²) < 4.78 is 62.3. The fourth-order valence-corrected chi connectivity index (χ4v) is 3.58. The van der Waals surface area contributed by atoms with Crippen LogP contribution in [0.15, 0.2) is 41.6 Å². The van der Waals surface area contributed by atoms with Gasteiger partial charge in [0.25, 0.3) is 20.2 Å². The van der Waals surface area contributed by atoms with Crippen molar-refractivity contribution in [2.75, 3.05) is 0 Å². The fraction of sp³-hybridized carbons (Fsp3) is 0.400. The zero-order valence-corrected chi connectivity index (χ0v) is 15.8. The number of imidazole rings is 1. The molecule has 1 aromatic heterocycles. The van der Waals surface area contributed by atoms with E-state index in [1.165, 1.54) is 18.3 Å². The third kappa shape index (κ3) is 6.58. The van der Waals surface area contributed by atoms with Gasteiger partial charge in [0.2, 0.25) is 0 Å². The van der Waals surface area contributed by atoms with Gasteiger partial charge in [-0.15, -0.1) is 0 Å². The minimum absolute atomic E-state index is 0.0666. The van der Waals surface area contributed by atoms with E-state index in [0.717, 1.165) is 5.56 Å². The number of aromatic nitrogens is 2. The maximum atomic E-state index is 11.1. The third-order valence-corrected chi connectivity index (χ3v) is 5.41.